The molecule has 9 heteroatoms. The van der Waals surface area contributed by atoms with Gasteiger partial charge < -0.3 is 15.1 Å². The Kier molecular flexibility index (Phi) is 7.84. The van der Waals surface area contributed by atoms with Gasteiger partial charge >= 0.3 is 0 Å². The van der Waals surface area contributed by atoms with E-state index < -0.39 is 10.8 Å². The number of aliphatic imine (C=N–C) groups is 1. The second kappa shape index (κ2) is 11.9. The van der Waals surface area contributed by atoms with Crippen molar-refractivity contribution in [3.8, 4) is 0 Å². The molecule has 3 aromatic rings. The molecule has 2 amide bonds. The highest BCUT2D eigenvalue weighted by Crippen LogP contribution is 2.38. The average molecular weight is 566 g/mol. The smallest absolute Gasteiger partial charge is 0.269 e. The van der Waals surface area contributed by atoms with Gasteiger partial charge in [0.25, 0.3) is 5.69 Å². The molecule has 0 bridgehead atoms. The monoisotopic (exact) mass is 565 g/mol. The summed E-state index contributed by atoms with van der Waals surface area (Å²) in [7, 11) is 0. The molecule has 9 nitrogen and oxygen atoms in total. The molecule has 42 heavy (non-hydrogen) atoms. The van der Waals surface area contributed by atoms with Gasteiger partial charge in [-0.05, 0) is 92.2 Å². The van der Waals surface area contributed by atoms with E-state index in [1.165, 1.54) is 43.6 Å². The molecular formula is C33H35N5O4. The van der Waals surface area contributed by atoms with Crippen molar-refractivity contribution < 1.29 is 14.5 Å². The molecule has 6 rings (SSSR count). The molecule has 0 aromatic heterocycles. The minimum absolute atomic E-state index is 0.0598. The summed E-state index contributed by atoms with van der Waals surface area (Å²) in [5.74, 6) is -0.983. The van der Waals surface area contributed by atoms with Crippen molar-refractivity contribution in [1.82, 2.24) is 9.80 Å². The SMILES string of the molecule is CC(=O)N1CCc2cc(N=C(c3ccc(CCCN4CCCC4)cc3)C3C(=O)Nc4ccc([N+](=O)[O-])cc43)ccc2C1. The van der Waals surface area contributed by atoms with Gasteiger partial charge in [0.2, 0.25) is 11.8 Å². The molecule has 3 heterocycles. The van der Waals surface area contributed by atoms with Crippen LogP contribution in [0.15, 0.2) is 65.7 Å². The van der Waals surface area contributed by atoms with E-state index in [1.807, 2.05) is 35.2 Å². The van der Waals surface area contributed by atoms with Crippen LogP contribution >= 0.6 is 0 Å². The van der Waals surface area contributed by atoms with Crippen molar-refractivity contribution >= 4 is 34.6 Å². The number of amides is 2. The number of rotatable bonds is 8. The number of non-ortho nitro benzene ring substituents is 1. The molecule has 0 aliphatic carbocycles. The first-order chi connectivity index (χ1) is 20.4. The second-order valence-corrected chi connectivity index (χ2v) is 11.4. The van der Waals surface area contributed by atoms with Crippen LogP contribution in [0.5, 0.6) is 0 Å². The van der Waals surface area contributed by atoms with Gasteiger partial charge in [0.15, 0.2) is 0 Å². The number of nitrogens with zero attached hydrogens (tertiary/aromatic N) is 4. The fourth-order valence-electron chi connectivity index (χ4n) is 6.30. The first kappa shape index (κ1) is 27.8. The van der Waals surface area contributed by atoms with E-state index in [9.17, 15) is 19.7 Å². The predicted molar refractivity (Wildman–Crippen MR) is 162 cm³/mol. The number of anilines is 1. The standard InChI is InChI=1S/C33H35N5O4/c1-22(39)37-18-14-25-19-27(11-10-26(25)21-37)34-32(31-29-20-28(38(41)42)12-13-30(29)35-33(31)40)24-8-6-23(7-9-24)5-4-17-36-15-2-3-16-36/h6-13,19-20,31H,2-5,14-18,21H2,1H3,(H,35,40). The molecule has 0 spiro atoms. The number of nitro groups is 1. The topological polar surface area (TPSA) is 108 Å². The number of benzene rings is 3. The minimum Gasteiger partial charge on any atom is -0.338 e. The first-order valence-corrected chi connectivity index (χ1v) is 14.7. The Morgan fingerprint density at radius 1 is 1.02 bits per heavy atom. The average Bonchev–Trinajstić information content (AvgIpc) is 3.62. The summed E-state index contributed by atoms with van der Waals surface area (Å²) < 4.78 is 0. The van der Waals surface area contributed by atoms with Gasteiger partial charge in [-0.1, -0.05) is 30.3 Å². The normalized spacial score (nSPS) is 18.5. The summed E-state index contributed by atoms with van der Waals surface area (Å²) in [6.45, 7) is 6.31. The van der Waals surface area contributed by atoms with E-state index in [1.54, 1.807) is 13.0 Å². The van der Waals surface area contributed by atoms with Crippen LogP contribution in [0.3, 0.4) is 0 Å². The van der Waals surface area contributed by atoms with Crippen molar-refractivity contribution in [2.45, 2.75) is 51.5 Å². The zero-order chi connectivity index (χ0) is 29.2. The lowest BCUT2D eigenvalue weighted by atomic mass is 9.89. The number of likely N-dealkylation sites (tertiary alicyclic amines) is 1. The fourth-order valence-corrected chi connectivity index (χ4v) is 6.30. The van der Waals surface area contributed by atoms with Crippen molar-refractivity contribution in [2.75, 3.05) is 31.5 Å². The summed E-state index contributed by atoms with van der Waals surface area (Å²) in [6, 6.07) is 18.6. The quantitative estimate of drug-likeness (QED) is 0.224. The maximum absolute atomic E-state index is 13.4. The number of fused-ring (bicyclic) bond motifs is 2. The van der Waals surface area contributed by atoms with Crippen LogP contribution in [0.4, 0.5) is 17.1 Å². The molecular weight excluding hydrogens is 530 g/mol. The van der Waals surface area contributed by atoms with E-state index in [4.69, 9.17) is 4.99 Å². The lowest BCUT2D eigenvalue weighted by Crippen LogP contribution is -2.34. The molecule has 3 aromatic carbocycles. The first-order valence-electron chi connectivity index (χ1n) is 14.7. The van der Waals surface area contributed by atoms with Crippen LogP contribution in [-0.2, 0) is 29.0 Å². The van der Waals surface area contributed by atoms with Gasteiger partial charge in [-0.25, -0.2) is 0 Å². The van der Waals surface area contributed by atoms with Crippen molar-refractivity contribution in [2.24, 2.45) is 4.99 Å². The maximum atomic E-state index is 13.4. The molecule has 3 aliphatic heterocycles. The summed E-state index contributed by atoms with van der Waals surface area (Å²) >= 11 is 0. The summed E-state index contributed by atoms with van der Waals surface area (Å²) in [4.78, 5) is 45.8. The van der Waals surface area contributed by atoms with Gasteiger partial charge in [0.1, 0.15) is 5.92 Å². The second-order valence-electron chi connectivity index (χ2n) is 11.4. The van der Waals surface area contributed by atoms with Crippen LogP contribution < -0.4 is 5.32 Å². The zero-order valence-corrected chi connectivity index (χ0v) is 23.8. The molecule has 1 atom stereocenters. The zero-order valence-electron chi connectivity index (χ0n) is 23.8. The molecule has 216 valence electrons. The van der Waals surface area contributed by atoms with E-state index in [0.29, 0.717) is 35.7 Å². The fraction of sp³-hybridized carbons (Fsp3) is 0.364. The van der Waals surface area contributed by atoms with E-state index in [0.717, 1.165) is 42.5 Å². The number of nitro benzene ring substituents is 1. The molecule has 0 saturated carbocycles. The number of carbonyl (C=O) groups is 2. The highest BCUT2D eigenvalue weighted by molar-refractivity contribution is 6.24. The molecule has 1 fully saturated rings. The van der Waals surface area contributed by atoms with Crippen LogP contribution in [0.25, 0.3) is 0 Å². The highest BCUT2D eigenvalue weighted by atomic mass is 16.6. The number of nitrogens with one attached hydrogen (secondary N) is 1. The van der Waals surface area contributed by atoms with Crippen LogP contribution in [-0.4, -0.2) is 58.4 Å². The Bertz CT molecular complexity index is 1560. The van der Waals surface area contributed by atoms with Gasteiger partial charge in [-0.3, -0.25) is 24.7 Å². The molecule has 1 unspecified atom stereocenters. The molecule has 3 aliphatic rings. The highest BCUT2D eigenvalue weighted by Gasteiger charge is 2.37. The Labute approximate surface area is 245 Å². The van der Waals surface area contributed by atoms with Gasteiger partial charge in [0.05, 0.1) is 16.3 Å². The molecule has 1 saturated heterocycles. The number of hydrogen-bond acceptors (Lipinski definition) is 6. The largest absolute Gasteiger partial charge is 0.338 e. The van der Waals surface area contributed by atoms with Crippen molar-refractivity contribution in [1.29, 1.82) is 0 Å². The minimum atomic E-state index is -0.787. The van der Waals surface area contributed by atoms with E-state index >= 15 is 0 Å². The third kappa shape index (κ3) is 5.83. The number of carbonyl (C=O) groups excluding carboxylic acids is 2. The summed E-state index contributed by atoms with van der Waals surface area (Å²) in [5.41, 5.74) is 6.58. The Balaban J connectivity index is 1.33. The van der Waals surface area contributed by atoms with Gasteiger partial charge in [-0.15, -0.1) is 0 Å². The van der Waals surface area contributed by atoms with E-state index in [-0.39, 0.29) is 17.5 Å². The summed E-state index contributed by atoms with van der Waals surface area (Å²) in [5, 5.41) is 14.5. The predicted octanol–water partition coefficient (Wildman–Crippen LogP) is 5.38. The Morgan fingerprint density at radius 3 is 2.55 bits per heavy atom. The van der Waals surface area contributed by atoms with Gasteiger partial charge in [-0.2, -0.15) is 0 Å². The number of hydrogen-bond donors (Lipinski definition) is 1. The van der Waals surface area contributed by atoms with Crippen LogP contribution in [0, 0.1) is 10.1 Å². The molecule has 1 N–H and O–H groups in total. The van der Waals surface area contributed by atoms with Crippen molar-refractivity contribution in [3.63, 3.8) is 0 Å². The lowest BCUT2D eigenvalue weighted by Gasteiger charge is -2.28. The number of aryl methyl sites for hydroxylation is 1. The molecule has 0 radical (unpaired) electrons. The third-order valence-corrected chi connectivity index (χ3v) is 8.64. The Hall–Kier alpha value is -4.37. The van der Waals surface area contributed by atoms with Crippen molar-refractivity contribution in [3.05, 3.63) is 98.6 Å². The Morgan fingerprint density at radius 2 is 1.81 bits per heavy atom. The summed E-state index contributed by atoms with van der Waals surface area (Å²) in [6.07, 6.45) is 5.39. The lowest BCUT2D eigenvalue weighted by molar-refractivity contribution is -0.384. The van der Waals surface area contributed by atoms with E-state index in [2.05, 4.69) is 22.3 Å². The van der Waals surface area contributed by atoms with Crippen LogP contribution in [0.2, 0.25) is 0 Å². The van der Waals surface area contributed by atoms with Crippen LogP contribution in [0.1, 0.15) is 59.9 Å². The van der Waals surface area contributed by atoms with Gasteiger partial charge in [0, 0.05) is 43.4 Å². The maximum Gasteiger partial charge on any atom is 0.269 e. The third-order valence-electron chi connectivity index (χ3n) is 8.64.